The van der Waals surface area contributed by atoms with Crippen LogP contribution in [0.25, 0.3) is 0 Å². The van der Waals surface area contributed by atoms with Crippen LogP contribution in [0.5, 0.6) is 5.75 Å². The molecular weight excluding hydrogens is 354 g/mol. The molecular formula is C18H22ClN5O2. The van der Waals surface area contributed by atoms with Gasteiger partial charge in [0.25, 0.3) is 5.91 Å². The highest BCUT2D eigenvalue weighted by atomic mass is 35.5. The minimum absolute atomic E-state index is 0.145. The molecule has 1 aromatic carbocycles. The summed E-state index contributed by atoms with van der Waals surface area (Å²) in [7, 11) is 0. The molecule has 3 heterocycles. The molecule has 26 heavy (non-hydrogen) atoms. The molecule has 1 atom stereocenters. The van der Waals surface area contributed by atoms with Crippen molar-refractivity contribution in [3.8, 4) is 5.75 Å². The number of carbonyl (C=O) groups excluding carboxylic acids is 1. The van der Waals surface area contributed by atoms with Crippen molar-refractivity contribution in [2.45, 2.75) is 38.3 Å². The molecule has 1 fully saturated rings. The maximum absolute atomic E-state index is 12.8. The van der Waals surface area contributed by atoms with Crippen molar-refractivity contribution >= 4 is 17.5 Å². The molecule has 8 heteroatoms. The number of halogens is 1. The van der Waals surface area contributed by atoms with Gasteiger partial charge in [0.05, 0.1) is 29.4 Å². The minimum Gasteiger partial charge on any atom is -0.492 e. The SMILES string of the molecule is Cc1c(C(=O)NC2CCOc3c(Cl)cccc32)nnn1C1CCNCC1. The summed E-state index contributed by atoms with van der Waals surface area (Å²) in [4.78, 5) is 12.8. The highest BCUT2D eigenvalue weighted by Crippen LogP contribution is 2.37. The van der Waals surface area contributed by atoms with Gasteiger partial charge >= 0.3 is 0 Å². The lowest BCUT2D eigenvalue weighted by Gasteiger charge is -2.27. The van der Waals surface area contributed by atoms with Crippen molar-refractivity contribution in [3.05, 3.63) is 40.2 Å². The number of piperidine rings is 1. The van der Waals surface area contributed by atoms with Gasteiger partial charge in [-0.15, -0.1) is 5.10 Å². The first-order valence-electron chi connectivity index (χ1n) is 8.99. The van der Waals surface area contributed by atoms with Crippen LogP contribution >= 0.6 is 11.6 Å². The Bertz CT molecular complexity index is 816. The van der Waals surface area contributed by atoms with Gasteiger partial charge < -0.3 is 15.4 Å². The number of fused-ring (bicyclic) bond motifs is 1. The first-order chi connectivity index (χ1) is 12.6. The van der Waals surface area contributed by atoms with E-state index in [9.17, 15) is 4.79 Å². The van der Waals surface area contributed by atoms with Gasteiger partial charge in [-0.05, 0) is 38.9 Å². The second-order valence-corrected chi connectivity index (χ2v) is 7.18. The van der Waals surface area contributed by atoms with Crippen molar-refractivity contribution in [1.82, 2.24) is 25.6 Å². The van der Waals surface area contributed by atoms with Crippen LogP contribution in [0.1, 0.15) is 53.1 Å². The van der Waals surface area contributed by atoms with E-state index < -0.39 is 0 Å². The molecule has 4 rings (SSSR count). The van der Waals surface area contributed by atoms with E-state index in [1.165, 1.54) is 0 Å². The van der Waals surface area contributed by atoms with Crippen LogP contribution < -0.4 is 15.4 Å². The standard InChI is InChI=1S/C18H22ClN5O2/c1-11-16(22-23-24(11)12-5-8-20-9-6-12)18(25)21-15-7-10-26-17-13(15)3-2-4-14(17)19/h2-4,12,15,20H,5-10H2,1H3,(H,21,25). The third kappa shape index (κ3) is 3.17. The molecule has 1 unspecified atom stereocenters. The number of amides is 1. The summed E-state index contributed by atoms with van der Waals surface area (Å²) in [6, 6.07) is 5.75. The molecule has 0 aliphatic carbocycles. The average Bonchev–Trinajstić information content (AvgIpc) is 3.05. The predicted molar refractivity (Wildman–Crippen MR) is 97.7 cm³/mol. The van der Waals surface area contributed by atoms with Crippen LogP contribution in [-0.4, -0.2) is 40.6 Å². The molecule has 2 aliphatic heterocycles. The van der Waals surface area contributed by atoms with Crippen molar-refractivity contribution < 1.29 is 9.53 Å². The summed E-state index contributed by atoms with van der Waals surface area (Å²) in [6.45, 7) is 4.35. The first-order valence-corrected chi connectivity index (χ1v) is 9.37. The fourth-order valence-electron chi connectivity index (χ4n) is 3.71. The highest BCUT2D eigenvalue weighted by Gasteiger charge is 2.28. The van der Waals surface area contributed by atoms with Crippen LogP contribution in [0.3, 0.4) is 0 Å². The number of nitrogens with zero attached hydrogens (tertiary/aromatic N) is 3. The quantitative estimate of drug-likeness (QED) is 0.861. The van der Waals surface area contributed by atoms with Gasteiger partial charge in [0.15, 0.2) is 5.69 Å². The van der Waals surface area contributed by atoms with Gasteiger partial charge in [-0.2, -0.15) is 0 Å². The number of carbonyl (C=O) groups is 1. The smallest absolute Gasteiger partial charge is 0.274 e. The topological polar surface area (TPSA) is 81.1 Å². The Balaban J connectivity index is 1.53. The summed E-state index contributed by atoms with van der Waals surface area (Å²) in [5.41, 5.74) is 2.10. The summed E-state index contributed by atoms with van der Waals surface area (Å²) >= 11 is 6.21. The van der Waals surface area contributed by atoms with Gasteiger partial charge in [-0.1, -0.05) is 28.9 Å². The number of hydrogen-bond donors (Lipinski definition) is 2. The Hall–Kier alpha value is -2.12. The molecule has 1 saturated heterocycles. The molecule has 138 valence electrons. The van der Waals surface area contributed by atoms with Gasteiger partial charge in [0, 0.05) is 12.0 Å². The Kier molecular flexibility index (Phi) is 4.82. The Morgan fingerprint density at radius 1 is 1.35 bits per heavy atom. The fraction of sp³-hybridized carbons (Fsp3) is 0.500. The van der Waals surface area contributed by atoms with Crippen molar-refractivity contribution in [2.24, 2.45) is 0 Å². The zero-order valence-corrected chi connectivity index (χ0v) is 15.4. The molecule has 0 bridgehead atoms. The van der Waals surface area contributed by atoms with Crippen LogP contribution in [0.2, 0.25) is 5.02 Å². The maximum atomic E-state index is 12.8. The maximum Gasteiger partial charge on any atom is 0.274 e. The molecule has 7 nitrogen and oxygen atoms in total. The zero-order valence-electron chi connectivity index (χ0n) is 14.7. The van der Waals surface area contributed by atoms with E-state index >= 15 is 0 Å². The van der Waals surface area contributed by atoms with Crippen LogP contribution in [0.15, 0.2) is 18.2 Å². The number of rotatable bonds is 3. The monoisotopic (exact) mass is 375 g/mol. The van der Waals surface area contributed by atoms with Crippen LogP contribution in [-0.2, 0) is 0 Å². The number of aromatic nitrogens is 3. The van der Waals surface area contributed by atoms with E-state index in [1.807, 2.05) is 23.7 Å². The van der Waals surface area contributed by atoms with Crippen LogP contribution in [0.4, 0.5) is 0 Å². The summed E-state index contributed by atoms with van der Waals surface area (Å²) in [5, 5.41) is 15.4. The largest absolute Gasteiger partial charge is 0.492 e. The lowest BCUT2D eigenvalue weighted by Crippen LogP contribution is -2.33. The number of para-hydroxylation sites is 1. The second-order valence-electron chi connectivity index (χ2n) is 6.77. The van der Waals surface area contributed by atoms with Crippen molar-refractivity contribution in [3.63, 3.8) is 0 Å². The molecule has 1 amide bonds. The normalized spacial score (nSPS) is 20.3. The van der Waals surface area contributed by atoms with E-state index in [-0.39, 0.29) is 11.9 Å². The fourth-order valence-corrected chi connectivity index (χ4v) is 3.95. The molecule has 0 radical (unpaired) electrons. The van der Waals surface area contributed by atoms with E-state index in [1.54, 1.807) is 6.07 Å². The van der Waals surface area contributed by atoms with Gasteiger partial charge in [0.1, 0.15) is 5.75 Å². The second kappa shape index (κ2) is 7.25. The summed E-state index contributed by atoms with van der Waals surface area (Å²) in [5.74, 6) is 0.446. The summed E-state index contributed by atoms with van der Waals surface area (Å²) in [6.07, 6.45) is 2.69. The lowest BCUT2D eigenvalue weighted by molar-refractivity contribution is 0.0919. The Morgan fingerprint density at radius 2 is 2.15 bits per heavy atom. The van der Waals surface area contributed by atoms with E-state index in [0.29, 0.717) is 35.5 Å². The summed E-state index contributed by atoms with van der Waals surface area (Å²) < 4.78 is 7.55. The molecule has 2 aromatic rings. The number of ether oxygens (including phenoxy) is 1. The van der Waals surface area contributed by atoms with Gasteiger partial charge in [-0.25, -0.2) is 4.68 Å². The molecule has 0 saturated carbocycles. The average molecular weight is 376 g/mol. The van der Waals surface area contributed by atoms with Crippen molar-refractivity contribution in [2.75, 3.05) is 19.7 Å². The van der Waals surface area contributed by atoms with E-state index in [0.717, 1.165) is 37.2 Å². The molecule has 2 aliphatic rings. The lowest BCUT2D eigenvalue weighted by atomic mass is 10.0. The highest BCUT2D eigenvalue weighted by molar-refractivity contribution is 6.32. The third-order valence-electron chi connectivity index (χ3n) is 5.13. The van der Waals surface area contributed by atoms with Crippen molar-refractivity contribution in [1.29, 1.82) is 0 Å². The third-order valence-corrected chi connectivity index (χ3v) is 5.43. The van der Waals surface area contributed by atoms with E-state index in [2.05, 4.69) is 20.9 Å². The minimum atomic E-state index is -0.208. The first kappa shape index (κ1) is 17.3. The number of hydrogen-bond acceptors (Lipinski definition) is 5. The molecule has 2 N–H and O–H groups in total. The number of nitrogens with one attached hydrogen (secondary N) is 2. The Labute approximate surface area is 157 Å². The zero-order chi connectivity index (χ0) is 18.1. The van der Waals surface area contributed by atoms with Crippen LogP contribution in [0, 0.1) is 6.92 Å². The molecule has 0 spiro atoms. The van der Waals surface area contributed by atoms with Gasteiger partial charge in [-0.3, -0.25) is 4.79 Å². The number of benzene rings is 1. The Morgan fingerprint density at radius 3 is 2.96 bits per heavy atom. The molecule has 1 aromatic heterocycles. The predicted octanol–water partition coefficient (Wildman–Crippen LogP) is 2.42. The van der Waals surface area contributed by atoms with Gasteiger partial charge in [0.2, 0.25) is 0 Å². The van der Waals surface area contributed by atoms with E-state index in [4.69, 9.17) is 16.3 Å².